The molecule has 1 heteroatoms. The van der Waals surface area contributed by atoms with Crippen molar-refractivity contribution in [1.82, 2.24) is 0 Å². The number of anilines is 1. The van der Waals surface area contributed by atoms with Crippen LogP contribution in [0.3, 0.4) is 0 Å². The van der Waals surface area contributed by atoms with Crippen molar-refractivity contribution in [2.45, 2.75) is 32.1 Å². The molecule has 1 aromatic rings. The molecule has 3 rings (SSSR count). The maximum Gasteiger partial charge on any atom is 0.0405 e. The van der Waals surface area contributed by atoms with E-state index in [4.69, 9.17) is 0 Å². The lowest BCUT2D eigenvalue weighted by Gasteiger charge is -2.21. The van der Waals surface area contributed by atoms with Crippen LogP contribution < -0.4 is 5.32 Å². The smallest absolute Gasteiger partial charge is 0.0405 e. The first-order valence-electron chi connectivity index (χ1n) is 5.78. The van der Waals surface area contributed by atoms with Crippen LogP contribution in [0.4, 0.5) is 5.69 Å². The molecule has 1 N–H and O–H groups in total. The summed E-state index contributed by atoms with van der Waals surface area (Å²) in [6, 6.07) is 6.80. The number of hydrogen-bond acceptors (Lipinski definition) is 1. The van der Waals surface area contributed by atoms with Gasteiger partial charge in [-0.3, -0.25) is 0 Å². The van der Waals surface area contributed by atoms with Gasteiger partial charge < -0.3 is 5.32 Å². The minimum Gasteiger partial charge on any atom is -0.385 e. The zero-order valence-corrected chi connectivity index (χ0v) is 8.55. The summed E-state index contributed by atoms with van der Waals surface area (Å²) >= 11 is 0. The summed E-state index contributed by atoms with van der Waals surface area (Å²) in [5.41, 5.74) is 4.56. The highest BCUT2D eigenvalue weighted by molar-refractivity contribution is 5.59. The lowest BCUT2D eigenvalue weighted by molar-refractivity contribution is 0.798. The molecule has 1 heterocycles. The number of para-hydroxylation sites is 1. The fourth-order valence-electron chi connectivity index (χ4n) is 2.38. The van der Waals surface area contributed by atoms with Crippen LogP contribution in [-0.4, -0.2) is 6.54 Å². The molecule has 0 spiro atoms. The van der Waals surface area contributed by atoms with Gasteiger partial charge in [0.15, 0.2) is 0 Å². The Balaban J connectivity index is 1.92. The minimum absolute atomic E-state index is 0.991. The number of hydrogen-bond donors (Lipinski definition) is 1. The Morgan fingerprint density at radius 1 is 1.29 bits per heavy atom. The number of rotatable bonds is 2. The zero-order chi connectivity index (χ0) is 9.38. The van der Waals surface area contributed by atoms with Crippen molar-refractivity contribution in [3.05, 3.63) is 29.3 Å². The second-order valence-corrected chi connectivity index (χ2v) is 4.63. The largest absolute Gasteiger partial charge is 0.385 e. The number of fused-ring (bicyclic) bond motifs is 1. The maximum atomic E-state index is 3.56. The van der Waals surface area contributed by atoms with Gasteiger partial charge in [-0.15, -0.1) is 0 Å². The summed E-state index contributed by atoms with van der Waals surface area (Å²) < 4.78 is 0. The van der Waals surface area contributed by atoms with E-state index in [0.717, 1.165) is 12.5 Å². The molecular formula is C13H17N. The molecule has 2 aliphatic rings. The highest BCUT2D eigenvalue weighted by atomic mass is 14.9. The van der Waals surface area contributed by atoms with Crippen LogP contribution in [0.1, 0.15) is 30.4 Å². The molecule has 0 aromatic heterocycles. The fraction of sp³-hybridized carbons (Fsp3) is 0.538. The molecule has 0 radical (unpaired) electrons. The van der Waals surface area contributed by atoms with Gasteiger partial charge in [0, 0.05) is 12.2 Å². The number of nitrogens with one attached hydrogen (secondary N) is 1. The Hall–Kier alpha value is -0.980. The molecule has 0 saturated heterocycles. The normalized spacial score (nSPS) is 20.0. The predicted molar refractivity (Wildman–Crippen MR) is 59.7 cm³/mol. The third-order valence-electron chi connectivity index (χ3n) is 3.37. The van der Waals surface area contributed by atoms with E-state index in [9.17, 15) is 0 Å². The summed E-state index contributed by atoms with van der Waals surface area (Å²) in [4.78, 5) is 0. The average molecular weight is 187 g/mol. The van der Waals surface area contributed by atoms with Crippen LogP contribution in [0.2, 0.25) is 0 Å². The van der Waals surface area contributed by atoms with Crippen molar-refractivity contribution in [2.24, 2.45) is 5.92 Å². The van der Waals surface area contributed by atoms with Crippen molar-refractivity contribution in [1.29, 1.82) is 0 Å². The summed E-state index contributed by atoms with van der Waals surface area (Å²) in [5, 5.41) is 3.56. The van der Waals surface area contributed by atoms with Crippen molar-refractivity contribution >= 4 is 5.69 Å². The second kappa shape index (κ2) is 3.30. The Labute approximate surface area is 85.5 Å². The van der Waals surface area contributed by atoms with Crippen LogP contribution in [0.15, 0.2) is 18.2 Å². The molecule has 0 amide bonds. The average Bonchev–Trinajstić information content (AvgIpc) is 3.03. The first kappa shape index (κ1) is 8.34. The molecule has 1 saturated carbocycles. The van der Waals surface area contributed by atoms with E-state index < -0.39 is 0 Å². The fourth-order valence-corrected chi connectivity index (χ4v) is 2.38. The van der Waals surface area contributed by atoms with Gasteiger partial charge in [-0.05, 0) is 49.1 Å². The standard InChI is InChI=1S/C13H17N/c1-3-11-5-2-8-14-13(11)12(4-1)9-10-6-7-10/h1,3-4,10,14H,2,5-9H2. The highest BCUT2D eigenvalue weighted by Crippen LogP contribution is 2.36. The predicted octanol–water partition coefficient (Wildman–Crippen LogP) is 3.00. The van der Waals surface area contributed by atoms with Crippen LogP contribution in [0, 0.1) is 5.92 Å². The van der Waals surface area contributed by atoms with Gasteiger partial charge in [-0.1, -0.05) is 18.2 Å². The van der Waals surface area contributed by atoms with Gasteiger partial charge in [0.2, 0.25) is 0 Å². The zero-order valence-electron chi connectivity index (χ0n) is 8.55. The van der Waals surface area contributed by atoms with E-state index >= 15 is 0 Å². The van der Waals surface area contributed by atoms with Gasteiger partial charge in [0.05, 0.1) is 0 Å². The van der Waals surface area contributed by atoms with E-state index in [-0.39, 0.29) is 0 Å². The first-order chi connectivity index (χ1) is 6.93. The SMILES string of the molecule is c1cc2c(c(CC3CC3)c1)NCCC2. The number of benzene rings is 1. The maximum absolute atomic E-state index is 3.56. The van der Waals surface area contributed by atoms with E-state index in [2.05, 4.69) is 23.5 Å². The van der Waals surface area contributed by atoms with Gasteiger partial charge >= 0.3 is 0 Å². The molecule has 0 bridgehead atoms. The minimum atomic E-state index is 0.991. The van der Waals surface area contributed by atoms with E-state index in [1.54, 1.807) is 5.56 Å². The topological polar surface area (TPSA) is 12.0 Å². The monoisotopic (exact) mass is 187 g/mol. The van der Waals surface area contributed by atoms with Crippen LogP contribution in [0.25, 0.3) is 0 Å². The molecule has 1 aromatic carbocycles. The van der Waals surface area contributed by atoms with E-state index in [0.29, 0.717) is 0 Å². The second-order valence-electron chi connectivity index (χ2n) is 4.63. The third kappa shape index (κ3) is 1.52. The Morgan fingerprint density at radius 2 is 2.21 bits per heavy atom. The summed E-state index contributed by atoms with van der Waals surface area (Å²) in [6.45, 7) is 1.16. The van der Waals surface area contributed by atoms with Crippen molar-refractivity contribution in [3.8, 4) is 0 Å². The van der Waals surface area contributed by atoms with Gasteiger partial charge in [-0.25, -0.2) is 0 Å². The molecule has 0 atom stereocenters. The Kier molecular flexibility index (Phi) is 1.97. The van der Waals surface area contributed by atoms with Crippen LogP contribution in [0.5, 0.6) is 0 Å². The summed E-state index contributed by atoms with van der Waals surface area (Å²) in [5.74, 6) is 0.991. The Bertz CT molecular complexity index is 339. The molecule has 1 aliphatic carbocycles. The van der Waals surface area contributed by atoms with Gasteiger partial charge in [0.25, 0.3) is 0 Å². The molecule has 1 aliphatic heterocycles. The Morgan fingerprint density at radius 3 is 3.07 bits per heavy atom. The van der Waals surface area contributed by atoms with E-state index in [1.165, 1.54) is 43.4 Å². The van der Waals surface area contributed by atoms with Crippen LogP contribution >= 0.6 is 0 Å². The lowest BCUT2D eigenvalue weighted by atomic mass is 9.97. The molecule has 14 heavy (non-hydrogen) atoms. The number of aryl methyl sites for hydroxylation is 1. The highest BCUT2D eigenvalue weighted by Gasteiger charge is 2.23. The molecule has 1 nitrogen and oxygen atoms in total. The van der Waals surface area contributed by atoms with Crippen molar-refractivity contribution in [2.75, 3.05) is 11.9 Å². The summed E-state index contributed by atoms with van der Waals surface area (Å²) in [6.07, 6.45) is 6.75. The summed E-state index contributed by atoms with van der Waals surface area (Å²) in [7, 11) is 0. The van der Waals surface area contributed by atoms with Gasteiger partial charge in [-0.2, -0.15) is 0 Å². The van der Waals surface area contributed by atoms with E-state index in [1.807, 2.05) is 0 Å². The lowest BCUT2D eigenvalue weighted by Crippen LogP contribution is -2.13. The van der Waals surface area contributed by atoms with Crippen molar-refractivity contribution < 1.29 is 0 Å². The molecule has 74 valence electrons. The third-order valence-corrected chi connectivity index (χ3v) is 3.37. The van der Waals surface area contributed by atoms with Gasteiger partial charge in [0.1, 0.15) is 0 Å². The molecular weight excluding hydrogens is 170 g/mol. The molecule has 0 unspecified atom stereocenters. The quantitative estimate of drug-likeness (QED) is 0.750. The first-order valence-corrected chi connectivity index (χ1v) is 5.78. The molecule has 1 fully saturated rings. The van der Waals surface area contributed by atoms with Crippen LogP contribution in [-0.2, 0) is 12.8 Å². The van der Waals surface area contributed by atoms with Crippen molar-refractivity contribution in [3.63, 3.8) is 0 Å².